The second-order valence-electron chi connectivity index (χ2n) is 3.65. The fourth-order valence-corrected chi connectivity index (χ4v) is 1.99. The van der Waals surface area contributed by atoms with Crippen molar-refractivity contribution in [3.8, 4) is 0 Å². The average molecular weight is 369 g/mol. The quantitative estimate of drug-likeness (QED) is 0.619. The third-order valence-electron chi connectivity index (χ3n) is 2.33. The van der Waals surface area contributed by atoms with Crippen LogP contribution in [-0.4, -0.2) is 26.0 Å². The summed E-state index contributed by atoms with van der Waals surface area (Å²) in [5.41, 5.74) is 1.91. The first-order valence-corrected chi connectivity index (χ1v) is 6.42. The number of aryl methyl sites for hydroxylation is 1. The summed E-state index contributed by atoms with van der Waals surface area (Å²) in [5, 5.41) is 5.97. The average Bonchev–Trinajstić information content (AvgIpc) is 2.28. The molecule has 1 aromatic rings. The molecule has 0 aliphatic heterocycles. The Labute approximate surface area is 122 Å². The van der Waals surface area contributed by atoms with E-state index in [4.69, 9.17) is 0 Å². The fourth-order valence-electron chi connectivity index (χ4n) is 1.39. The van der Waals surface area contributed by atoms with Crippen LogP contribution in [0.1, 0.15) is 22.3 Å². The van der Waals surface area contributed by atoms with Crippen LogP contribution in [0, 0.1) is 10.5 Å². The van der Waals surface area contributed by atoms with Gasteiger partial charge in [-0.05, 0) is 61.2 Å². The van der Waals surface area contributed by atoms with Crippen molar-refractivity contribution in [2.75, 3.05) is 20.1 Å². The number of nitrogens with one attached hydrogen (secondary N) is 2. The highest BCUT2D eigenvalue weighted by atomic mass is 127. The van der Waals surface area contributed by atoms with E-state index in [1.165, 1.54) is 0 Å². The lowest BCUT2D eigenvalue weighted by Gasteiger charge is -2.08. The van der Waals surface area contributed by atoms with Gasteiger partial charge in [0, 0.05) is 10.1 Å². The zero-order valence-corrected chi connectivity index (χ0v) is 13.0. The summed E-state index contributed by atoms with van der Waals surface area (Å²) in [5.74, 6) is 0.0178. The maximum absolute atomic E-state index is 11.8. The minimum absolute atomic E-state index is 0. The molecular formula is C12H18ClIN2O. The molecule has 2 N–H and O–H groups in total. The molecule has 0 fully saturated rings. The van der Waals surface area contributed by atoms with E-state index in [9.17, 15) is 4.79 Å². The fraction of sp³-hybridized carbons (Fsp3) is 0.417. The molecule has 17 heavy (non-hydrogen) atoms. The van der Waals surface area contributed by atoms with Gasteiger partial charge in [-0.15, -0.1) is 12.4 Å². The number of hydrogen-bond acceptors (Lipinski definition) is 2. The zero-order chi connectivity index (χ0) is 12.0. The van der Waals surface area contributed by atoms with Crippen LogP contribution >= 0.6 is 35.0 Å². The van der Waals surface area contributed by atoms with Gasteiger partial charge >= 0.3 is 0 Å². The highest BCUT2D eigenvalue weighted by Gasteiger charge is 2.09. The molecule has 0 heterocycles. The number of amides is 1. The topological polar surface area (TPSA) is 41.1 Å². The maximum Gasteiger partial charge on any atom is 0.252 e. The van der Waals surface area contributed by atoms with Crippen molar-refractivity contribution >= 4 is 40.9 Å². The molecule has 1 rings (SSSR count). The van der Waals surface area contributed by atoms with Crippen molar-refractivity contribution in [3.63, 3.8) is 0 Å². The Hall–Kier alpha value is -0.330. The lowest BCUT2D eigenvalue weighted by molar-refractivity contribution is 0.0952. The number of carbonyl (C=O) groups is 1. The molecule has 0 aliphatic carbocycles. The molecule has 96 valence electrons. The smallest absolute Gasteiger partial charge is 0.252 e. The number of hydrogen-bond donors (Lipinski definition) is 2. The third-order valence-corrected chi connectivity index (χ3v) is 3.76. The van der Waals surface area contributed by atoms with Crippen molar-refractivity contribution in [3.05, 3.63) is 32.9 Å². The van der Waals surface area contributed by atoms with Crippen LogP contribution in [0.25, 0.3) is 0 Å². The maximum atomic E-state index is 11.8. The van der Waals surface area contributed by atoms with Crippen LogP contribution in [0.3, 0.4) is 0 Å². The number of rotatable bonds is 5. The molecule has 1 amide bonds. The zero-order valence-electron chi connectivity index (χ0n) is 10.0. The van der Waals surface area contributed by atoms with Crippen LogP contribution in [0.2, 0.25) is 0 Å². The Morgan fingerprint density at radius 3 is 2.71 bits per heavy atom. The molecule has 0 unspecified atom stereocenters. The lowest BCUT2D eigenvalue weighted by atomic mass is 10.1. The summed E-state index contributed by atoms with van der Waals surface area (Å²) in [6.45, 7) is 3.65. The molecular weight excluding hydrogens is 351 g/mol. The van der Waals surface area contributed by atoms with Crippen LogP contribution in [-0.2, 0) is 0 Å². The van der Waals surface area contributed by atoms with E-state index < -0.39 is 0 Å². The van der Waals surface area contributed by atoms with Gasteiger partial charge in [-0.2, -0.15) is 0 Å². The first-order chi connectivity index (χ1) is 7.66. The minimum atomic E-state index is 0. The lowest BCUT2D eigenvalue weighted by Crippen LogP contribution is -2.27. The van der Waals surface area contributed by atoms with Crippen molar-refractivity contribution in [1.82, 2.24) is 10.6 Å². The normalized spacial score (nSPS) is 9.59. The van der Waals surface area contributed by atoms with Crippen molar-refractivity contribution in [2.45, 2.75) is 13.3 Å². The van der Waals surface area contributed by atoms with Gasteiger partial charge in [-0.3, -0.25) is 4.79 Å². The summed E-state index contributed by atoms with van der Waals surface area (Å²) < 4.78 is 1.03. The monoisotopic (exact) mass is 368 g/mol. The van der Waals surface area contributed by atoms with Gasteiger partial charge in [0.05, 0.1) is 5.56 Å². The van der Waals surface area contributed by atoms with Gasteiger partial charge in [0.2, 0.25) is 0 Å². The predicted molar refractivity (Wildman–Crippen MR) is 82.0 cm³/mol. The largest absolute Gasteiger partial charge is 0.352 e. The van der Waals surface area contributed by atoms with E-state index in [1.54, 1.807) is 0 Å². The molecule has 0 atom stereocenters. The second-order valence-corrected chi connectivity index (χ2v) is 4.73. The Bertz CT molecular complexity index is 372. The summed E-state index contributed by atoms with van der Waals surface area (Å²) in [7, 11) is 1.91. The van der Waals surface area contributed by atoms with Gasteiger partial charge in [-0.25, -0.2) is 0 Å². The highest BCUT2D eigenvalue weighted by Crippen LogP contribution is 2.16. The Morgan fingerprint density at radius 2 is 2.06 bits per heavy atom. The van der Waals surface area contributed by atoms with Crippen molar-refractivity contribution in [2.24, 2.45) is 0 Å². The molecule has 0 bridgehead atoms. The molecule has 0 aliphatic rings. The minimum Gasteiger partial charge on any atom is -0.352 e. The summed E-state index contributed by atoms with van der Waals surface area (Å²) in [6.07, 6.45) is 0.949. The van der Waals surface area contributed by atoms with Gasteiger partial charge in [0.15, 0.2) is 0 Å². The predicted octanol–water partition coefficient (Wildman–Crippen LogP) is 2.36. The van der Waals surface area contributed by atoms with Gasteiger partial charge in [0.1, 0.15) is 0 Å². The number of halogens is 2. The summed E-state index contributed by atoms with van der Waals surface area (Å²) >= 11 is 2.22. The van der Waals surface area contributed by atoms with Crippen molar-refractivity contribution < 1.29 is 4.79 Å². The molecule has 0 spiro atoms. The van der Waals surface area contributed by atoms with E-state index in [0.717, 1.165) is 27.7 Å². The van der Waals surface area contributed by atoms with Gasteiger partial charge < -0.3 is 10.6 Å². The Morgan fingerprint density at radius 1 is 1.35 bits per heavy atom. The molecule has 3 nitrogen and oxygen atoms in total. The Kier molecular flexibility index (Phi) is 8.55. The number of carbonyl (C=O) groups excluding carboxylic acids is 1. The van der Waals surface area contributed by atoms with Gasteiger partial charge in [0.25, 0.3) is 5.91 Å². The molecule has 5 heteroatoms. The molecule has 1 aromatic carbocycles. The molecule has 0 saturated carbocycles. The highest BCUT2D eigenvalue weighted by molar-refractivity contribution is 14.1. The first-order valence-electron chi connectivity index (χ1n) is 5.34. The van der Waals surface area contributed by atoms with Crippen LogP contribution in [0.5, 0.6) is 0 Å². The molecule has 0 radical (unpaired) electrons. The second kappa shape index (κ2) is 8.72. The number of benzene rings is 1. The van der Waals surface area contributed by atoms with E-state index in [1.807, 2.05) is 32.2 Å². The van der Waals surface area contributed by atoms with Crippen LogP contribution in [0.15, 0.2) is 18.2 Å². The van der Waals surface area contributed by atoms with Gasteiger partial charge in [-0.1, -0.05) is 12.1 Å². The van der Waals surface area contributed by atoms with E-state index >= 15 is 0 Å². The SMILES string of the molecule is CNCCCNC(=O)c1cccc(C)c1I.Cl. The van der Waals surface area contributed by atoms with E-state index in [2.05, 4.69) is 33.2 Å². The van der Waals surface area contributed by atoms with E-state index in [0.29, 0.717) is 6.54 Å². The summed E-state index contributed by atoms with van der Waals surface area (Å²) in [4.78, 5) is 11.8. The molecule has 0 saturated heterocycles. The molecule has 0 aromatic heterocycles. The summed E-state index contributed by atoms with van der Waals surface area (Å²) in [6, 6.07) is 5.79. The Balaban J connectivity index is 0.00000256. The third kappa shape index (κ3) is 5.23. The standard InChI is InChI=1S/C12H17IN2O.ClH/c1-9-5-3-6-10(11(9)13)12(16)15-8-4-7-14-2;/h3,5-6,14H,4,7-8H2,1-2H3,(H,15,16);1H. The first kappa shape index (κ1) is 16.7. The van der Waals surface area contributed by atoms with Crippen molar-refractivity contribution in [1.29, 1.82) is 0 Å². The van der Waals surface area contributed by atoms with Crippen LogP contribution in [0.4, 0.5) is 0 Å². The van der Waals surface area contributed by atoms with Crippen LogP contribution < -0.4 is 10.6 Å². The van der Waals surface area contributed by atoms with E-state index in [-0.39, 0.29) is 18.3 Å².